The van der Waals surface area contributed by atoms with Crippen LogP contribution in [0.5, 0.6) is 0 Å². The van der Waals surface area contributed by atoms with E-state index in [1.807, 2.05) is 0 Å². The first kappa shape index (κ1) is 11.8. The molecule has 17 heavy (non-hydrogen) atoms. The van der Waals surface area contributed by atoms with Gasteiger partial charge < -0.3 is 0 Å². The van der Waals surface area contributed by atoms with E-state index >= 15 is 0 Å². The molecule has 1 aliphatic heterocycles. The normalized spacial score (nSPS) is 15.0. The molecule has 90 valence electrons. The summed E-state index contributed by atoms with van der Waals surface area (Å²) >= 11 is 5.73. The molecule has 1 fully saturated rings. The van der Waals surface area contributed by atoms with Crippen LogP contribution in [0, 0.1) is 10.1 Å². The molecule has 0 bridgehead atoms. The summed E-state index contributed by atoms with van der Waals surface area (Å²) in [7, 11) is 0. The van der Waals surface area contributed by atoms with E-state index in [1.54, 1.807) is 0 Å². The van der Waals surface area contributed by atoms with Gasteiger partial charge in [-0.25, -0.2) is 5.06 Å². The van der Waals surface area contributed by atoms with E-state index in [2.05, 4.69) is 0 Å². The Bertz CT molecular complexity index is 471. The lowest BCUT2D eigenvalue weighted by Gasteiger charge is -2.13. The van der Waals surface area contributed by atoms with Gasteiger partial charge in [-0.2, -0.15) is 0 Å². The van der Waals surface area contributed by atoms with Gasteiger partial charge in [0.05, 0.1) is 23.6 Å². The van der Waals surface area contributed by atoms with Gasteiger partial charge >= 0.3 is 0 Å². The van der Waals surface area contributed by atoms with E-state index < -0.39 is 10.8 Å². The fraction of sp³-hybridized carbons (Fsp3) is 0.300. The Balaban J connectivity index is 2.31. The van der Waals surface area contributed by atoms with Gasteiger partial charge in [-0.3, -0.25) is 19.7 Å². The molecule has 1 amide bonds. The standard InChI is InChI=1S/C10H9ClN2O4/c11-8-4-7(5-9(6-8)13(15)16)10(14)12-2-1-3-17-12/h4-6H,1-3H2. The van der Waals surface area contributed by atoms with Crippen LogP contribution in [0.3, 0.4) is 0 Å². The van der Waals surface area contributed by atoms with Crippen molar-refractivity contribution < 1.29 is 14.6 Å². The smallest absolute Gasteiger partial charge is 0.271 e. The number of carbonyl (C=O) groups is 1. The lowest BCUT2D eigenvalue weighted by atomic mass is 10.2. The van der Waals surface area contributed by atoms with Gasteiger partial charge in [-0.05, 0) is 12.5 Å². The molecule has 1 aromatic rings. The molecule has 0 aliphatic carbocycles. The molecule has 7 heteroatoms. The lowest BCUT2D eigenvalue weighted by Crippen LogP contribution is -2.26. The van der Waals surface area contributed by atoms with E-state index in [9.17, 15) is 14.9 Å². The Hall–Kier alpha value is -1.66. The molecule has 0 unspecified atom stereocenters. The van der Waals surface area contributed by atoms with Crippen LogP contribution < -0.4 is 0 Å². The summed E-state index contributed by atoms with van der Waals surface area (Å²) in [6, 6.07) is 3.78. The minimum atomic E-state index is -0.590. The summed E-state index contributed by atoms with van der Waals surface area (Å²) in [5.41, 5.74) is -0.0499. The van der Waals surface area contributed by atoms with Crippen molar-refractivity contribution in [2.45, 2.75) is 6.42 Å². The van der Waals surface area contributed by atoms with Crippen molar-refractivity contribution in [1.29, 1.82) is 0 Å². The molecule has 1 aliphatic rings. The Morgan fingerprint density at radius 1 is 1.47 bits per heavy atom. The van der Waals surface area contributed by atoms with Gasteiger partial charge in [0.2, 0.25) is 0 Å². The van der Waals surface area contributed by atoms with Crippen LogP contribution in [0.4, 0.5) is 5.69 Å². The molecule has 0 radical (unpaired) electrons. The average molecular weight is 257 g/mol. The number of halogens is 1. The SMILES string of the molecule is O=C(c1cc(Cl)cc([N+](=O)[O-])c1)N1CCCO1. The quantitative estimate of drug-likeness (QED) is 0.599. The predicted molar refractivity (Wildman–Crippen MR) is 59.7 cm³/mol. The second kappa shape index (κ2) is 4.68. The third-order valence-corrected chi connectivity index (χ3v) is 2.54. The number of nitro benzene ring substituents is 1. The number of hydroxylamine groups is 2. The number of carbonyl (C=O) groups excluding carboxylic acids is 1. The van der Waals surface area contributed by atoms with Gasteiger partial charge in [0.1, 0.15) is 0 Å². The van der Waals surface area contributed by atoms with Crippen LogP contribution in [0.2, 0.25) is 5.02 Å². The van der Waals surface area contributed by atoms with Gasteiger partial charge in [-0.15, -0.1) is 0 Å². The van der Waals surface area contributed by atoms with Crippen LogP contribution in [0.25, 0.3) is 0 Å². The van der Waals surface area contributed by atoms with E-state index in [4.69, 9.17) is 16.4 Å². The van der Waals surface area contributed by atoms with E-state index in [-0.39, 0.29) is 16.3 Å². The fourth-order valence-electron chi connectivity index (χ4n) is 1.55. The molecule has 2 rings (SSSR count). The molecular weight excluding hydrogens is 248 g/mol. The lowest BCUT2D eigenvalue weighted by molar-refractivity contribution is -0.384. The predicted octanol–water partition coefficient (Wildman–Crippen LogP) is 2.03. The van der Waals surface area contributed by atoms with E-state index in [0.717, 1.165) is 6.42 Å². The van der Waals surface area contributed by atoms with Crippen LogP contribution in [-0.2, 0) is 4.84 Å². The maximum absolute atomic E-state index is 11.9. The van der Waals surface area contributed by atoms with Crippen LogP contribution >= 0.6 is 11.6 Å². The fourth-order valence-corrected chi connectivity index (χ4v) is 1.78. The molecule has 0 saturated carbocycles. The minimum absolute atomic E-state index is 0.154. The highest BCUT2D eigenvalue weighted by Crippen LogP contribution is 2.22. The number of rotatable bonds is 2. The van der Waals surface area contributed by atoms with E-state index in [0.29, 0.717) is 13.2 Å². The number of hydrogen-bond donors (Lipinski definition) is 0. The second-order valence-electron chi connectivity index (χ2n) is 3.55. The number of benzene rings is 1. The first-order chi connectivity index (χ1) is 8.08. The summed E-state index contributed by atoms with van der Waals surface area (Å²) in [4.78, 5) is 27.0. The van der Waals surface area contributed by atoms with Crippen molar-refractivity contribution in [3.8, 4) is 0 Å². The van der Waals surface area contributed by atoms with Gasteiger partial charge in [0.25, 0.3) is 11.6 Å². The van der Waals surface area contributed by atoms with Crippen molar-refractivity contribution in [3.05, 3.63) is 38.9 Å². The maximum Gasteiger partial charge on any atom is 0.277 e. The highest BCUT2D eigenvalue weighted by Gasteiger charge is 2.23. The van der Waals surface area contributed by atoms with Crippen molar-refractivity contribution >= 4 is 23.2 Å². The zero-order valence-corrected chi connectivity index (χ0v) is 9.51. The monoisotopic (exact) mass is 256 g/mol. The van der Waals surface area contributed by atoms with Crippen LogP contribution in [-0.4, -0.2) is 29.0 Å². The van der Waals surface area contributed by atoms with Crippen molar-refractivity contribution in [1.82, 2.24) is 5.06 Å². The third kappa shape index (κ3) is 2.54. The zero-order chi connectivity index (χ0) is 12.4. The topological polar surface area (TPSA) is 72.7 Å². The third-order valence-electron chi connectivity index (χ3n) is 2.32. The number of hydrogen-bond acceptors (Lipinski definition) is 4. The summed E-state index contributed by atoms with van der Waals surface area (Å²) in [5, 5.41) is 12.0. The summed E-state index contributed by atoms with van der Waals surface area (Å²) in [6.45, 7) is 0.966. The van der Waals surface area contributed by atoms with Crippen LogP contribution in [0.1, 0.15) is 16.8 Å². The molecule has 0 aromatic heterocycles. The maximum atomic E-state index is 11.9. The van der Waals surface area contributed by atoms with Crippen molar-refractivity contribution in [2.75, 3.05) is 13.2 Å². The Labute approximate surface area is 102 Å². The molecule has 0 atom stereocenters. The summed E-state index contributed by atoms with van der Waals surface area (Å²) in [5.74, 6) is -0.409. The molecule has 0 spiro atoms. The first-order valence-electron chi connectivity index (χ1n) is 4.97. The summed E-state index contributed by atoms with van der Waals surface area (Å²) in [6.07, 6.45) is 0.758. The zero-order valence-electron chi connectivity index (χ0n) is 8.76. The average Bonchev–Trinajstić information content (AvgIpc) is 2.80. The molecule has 1 heterocycles. The molecule has 0 N–H and O–H groups in total. The van der Waals surface area contributed by atoms with Crippen molar-refractivity contribution in [3.63, 3.8) is 0 Å². The number of non-ortho nitro benzene ring substituents is 1. The number of amides is 1. The molecule has 6 nitrogen and oxygen atoms in total. The molecule has 1 saturated heterocycles. The highest BCUT2D eigenvalue weighted by atomic mass is 35.5. The number of nitrogens with zero attached hydrogens (tertiary/aromatic N) is 2. The molecule has 1 aromatic carbocycles. The number of nitro groups is 1. The first-order valence-corrected chi connectivity index (χ1v) is 5.35. The Morgan fingerprint density at radius 2 is 2.24 bits per heavy atom. The second-order valence-corrected chi connectivity index (χ2v) is 3.99. The summed E-state index contributed by atoms with van der Waals surface area (Å²) < 4.78 is 0. The Kier molecular flexibility index (Phi) is 3.26. The minimum Gasteiger partial charge on any atom is -0.271 e. The van der Waals surface area contributed by atoms with Crippen LogP contribution in [0.15, 0.2) is 18.2 Å². The van der Waals surface area contributed by atoms with Gasteiger partial charge in [0, 0.05) is 17.2 Å². The molecular formula is C10H9ClN2O4. The Morgan fingerprint density at radius 3 is 2.82 bits per heavy atom. The largest absolute Gasteiger partial charge is 0.277 e. The van der Waals surface area contributed by atoms with E-state index in [1.165, 1.54) is 23.3 Å². The highest BCUT2D eigenvalue weighted by molar-refractivity contribution is 6.31. The van der Waals surface area contributed by atoms with Gasteiger partial charge in [0.15, 0.2) is 0 Å². The van der Waals surface area contributed by atoms with Crippen molar-refractivity contribution in [2.24, 2.45) is 0 Å². The van der Waals surface area contributed by atoms with Gasteiger partial charge in [-0.1, -0.05) is 11.6 Å².